The maximum absolute atomic E-state index is 12.1. The minimum atomic E-state index is -0.0499. The van der Waals surface area contributed by atoms with Crippen LogP contribution in [0.5, 0.6) is 0 Å². The average Bonchev–Trinajstić information content (AvgIpc) is 3.26. The lowest BCUT2D eigenvalue weighted by atomic mass is 10.0. The molecule has 3 rings (SSSR count). The highest BCUT2D eigenvalue weighted by Crippen LogP contribution is 2.33. The molecule has 7 nitrogen and oxygen atoms in total. The number of carbonyl (C=O) groups is 3. The molecule has 0 aliphatic carbocycles. The van der Waals surface area contributed by atoms with E-state index in [-0.39, 0.29) is 29.9 Å². The molecule has 3 atom stereocenters. The Morgan fingerprint density at radius 2 is 1.69 bits per heavy atom. The summed E-state index contributed by atoms with van der Waals surface area (Å²) >= 11 is 6.40. The van der Waals surface area contributed by atoms with Gasteiger partial charge in [-0.3, -0.25) is 9.59 Å². The van der Waals surface area contributed by atoms with Gasteiger partial charge in [0.15, 0.2) is 0 Å². The summed E-state index contributed by atoms with van der Waals surface area (Å²) in [6.07, 6.45) is 6.56. The normalized spacial score (nSPS) is 21.6. The standard InChI is InChI=1S/C22H30I2N4O3S/c23-14-10-15(24)12-16(11-14)26-20(30)8-2-1-5-9-25-19(29)7-4-3-6-18-21-17(13-32-18)27-22(31)28-21/h10-12,17-18,21H,1-9,13H2,(H,25,29)(H,26,30)(H2,27,28,31)/t17-,18-,21-/m0/s1. The van der Waals surface area contributed by atoms with Gasteiger partial charge in [0, 0.05) is 43.2 Å². The second-order valence-electron chi connectivity index (χ2n) is 8.23. The van der Waals surface area contributed by atoms with Crippen molar-refractivity contribution in [3.8, 4) is 0 Å². The van der Waals surface area contributed by atoms with Crippen LogP contribution in [0.1, 0.15) is 51.4 Å². The lowest BCUT2D eigenvalue weighted by molar-refractivity contribution is -0.121. The lowest BCUT2D eigenvalue weighted by Crippen LogP contribution is -2.36. The molecule has 4 amide bonds. The van der Waals surface area contributed by atoms with E-state index in [2.05, 4.69) is 72.5 Å². The summed E-state index contributed by atoms with van der Waals surface area (Å²) < 4.78 is 2.21. The predicted octanol–water partition coefficient (Wildman–Crippen LogP) is 4.24. The molecule has 0 bridgehead atoms. The van der Waals surface area contributed by atoms with Gasteiger partial charge in [-0.1, -0.05) is 12.8 Å². The fraction of sp³-hybridized carbons (Fsp3) is 0.591. The Morgan fingerprint density at radius 1 is 0.969 bits per heavy atom. The summed E-state index contributed by atoms with van der Waals surface area (Å²) in [5.74, 6) is 1.11. The van der Waals surface area contributed by atoms with Crippen molar-refractivity contribution in [2.45, 2.75) is 68.7 Å². The van der Waals surface area contributed by atoms with Crippen molar-refractivity contribution in [3.05, 3.63) is 25.3 Å². The van der Waals surface area contributed by atoms with Gasteiger partial charge in [-0.25, -0.2) is 4.79 Å². The fourth-order valence-electron chi connectivity index (χ4n) is 4.03. The van der Waals surface area contributed by atoms with E-state index in [4.69, 9.17) is 0 Å². The first-order valence-electron chi connectivity index (χ1n) is 11.1. The Morgan fingerprint density at radius 3 is 2.47 bits per heavy atom. The van der Waals surface area contributed by atoms with Crippen LogP contribution in [0.25, 0.3) is 0 Å². The number of hydrogen-bond donors (Lipinski definition) is 4. The number of benzene rings is 1. The van der Waals surface area contributed by atoms with Gasteiger partial charge in [-0.2, -0.15) is 11.8 Å². The van der Waals surface area contributed by atoms with Gasteiger partial charge < -0.3 is 21.3 Å². The van der Waals surface area contributed by atoms with Crippen molar-refractivity contribution in [1.82, 2.24) is 16.0 Å². The van der Waals surface area contributed by atoms with Crippen molar-refractivity contribution in [2.75, 3.05) is 17.6 Å². The largest absolute Gasteiger partial charge is 0.356 e. The molecule has 0 saturated carbocycles. The Balaban J connectivity index is 1.16. The zero-order valence-corrected chi connectivity index (χ0v) is 23.1. The average molecular weight is 684 g/mol. The summed E-state index contributed by atoms with van der Waals surface area (Å²) in [4.78, 5) is 35.5. The van der Waals surface area contributed by atoms with E-state index < -0.39 is 0 Å². The molecular weight excluding hydrogens is 654 g/mol. The van der Waals surface area contributed by atoms with E-state index in [1.807, 2.05) is 23.9 Å². The van der Waals surface area contributed by atoms with Crippen molar-refractivity contribution in [2.24, 2.45) is 0 Å². The molecule has 2 heterocycles. The van der Waals surface area contributed by atoms with Gasteiger partial charge in [0.1, 0.15) is 0 Å². The Kier molecular flexibility index (Phi) is 10.7. The molecule has 1 aromatic carbocycles. The summed E-state index contributed by atoms with van der Waals surface area (Å²) in [6.45, 7) is 0.662. The lowest BCUT2D eigenvalue weighted by Gasteiger charge is -2.16. The number of unbranched alkanes of at least 4 members (excludes halogenated alkanes) is 3. The van der Waals surface area contributed by atoms with E-state index >= 15 is 0 Å². The summed E-state index contributed by atoms with van der Waals surface area (Å²) in [5.41, 5.74) is 0.842. The van der Waals surface area contributed by atoms with E-state index in [9.17, 15) is 14.4 Å². The number of carbonyl (C=O) groups excluding carboxylic acids is 3. The van der Waals surface area contributed by atoms with Gasteiger partial charge in [-0.05, 0) is 89.1 Å². The summed E-state index contributed by atoms with van der Waals surface area (Å²) in [6, 6.07) is 6.43. The molecule has 4 N–H and O–H groups in total. The molecule has 0 radical (unpaired) electrons. The Bertz CT molecular complexity index is 806. The molecule has 2 aliphatic rings. The third-order valence-corrected chi connectivity index (χ3v) is 8.38. The number of anilines is 1. The van der Waals surface area contributed by atoms with Crippen molar-refractivity contribution < 1.29 is 14.4 Å². The number of urea groups is 1. The number of fused-ring (bicyclic) bond motifs is 1. The highest BCUT2D eigenvalue weighted by Gasteiger charge is 2.42. The molecule has 2 saturated heterocycles. The second kappa shape index (κ2) is 13.2. The zero-order chi connectivity index (χ0) is 22.9. The molecular formula is C22H30I2N4O3S. The van der Waals surface area contributed by atoms with Gasteiger partial charge >= 0.3 is 6.03 Å². The first-order chi connectivity index (χ1) is 15.4. The Labute approximate surface area is 221 Å². The monoisotopic (exact) mass is 684 g/mol. The number of halogens is 2. The highest BCUT2D eigenvalue weighted by molar-refractivity contribution is 14.1. The van der Waals surface area contributed by atoms with Crippen LogP contribution in [-0.4, -0.2) is 47.5 Å². The molecule has 10 heteroatoms. The van der Waals surface area contributed by atoms with E-state index in [1.54, 1.807) is 0 Å². The number of hydrogen-bond acceptors (Lipinski definition) is 4. The van der Waals surface area contributed by atoms with Gasteiger partial charge in [0.05, 0.1) is 12.1 Å². The topological polar surface area (TPSA) is 99.3 Å². The molecule has 2 aliphatic heterocycles. The van der Waals surface area contributed by atoms with Gasteiger partial charge in [-0.15, -0.1) is 0 Å². The second-order valence-corrected chi connectivity index (χ2v) is 12.0. The van der Waals surface area contributed by atoms with Gasteiger partial charge in [0.25, 0.3) is 0 Å². The van der Waals surface area contributed by atoms with Crippen LogP contribution in [0, 0.1) is 7.14 Å². The highest BCUT2D eigenvalue weighted by atomic mass is 127. The first kappa shape index (κ1) is 25.9. The first-order valence-corrected chi connectivity index (χ1v) is 14.3. The summed E-state index contributed by atoms with van der Waals surface area (Å²) in [7, 11) is 0. The molecule has 0 aromatic heterocycles. The number of amides is 4. The van der Waals surface area contributed by atoms with Crippen LogP contribution >= 0.6 is 56.9 Å². The van der Waals surface area contributed by atoms with Crippen LogP contribution in [0.15, 0.2) is 18.2 Å². The fourth-order valence-corrected chi connectivity index (χ4v) is 7.51. The number of nitrogens with one attached hydrogen (secondary N) is 4. The molecule has 2 fully saturated rings. The van der Waals surface area contributed by atoms with Gasteiger partial charge in [0.2, 0.25) is 11.8 Å². The summed E-state index contributed by atoms with van der Waals surface area (Å²) in [5, 5.41) is 12.3. The predicted molar refractivity (Wildman–Crippen MR) is 146 cm³/mol. The van der Waals surface area contributed by atoms with Crippen molar-refractivity contribution in [1.29, 1.82) is 0 Å². The number of thioether (sulfide) groups is 1. The van der Waals surface area contributed by atoms with Crippen molar-refractivity contribution in [3.63, 3.8) is 0 Å². The molecule has 176 valence electrons. The van der Waals surface area contributed by atoms with Crippen LogP contribution in [-0.2, 0) is 9.59 Å². The number of rotatable bonds is 12. The quantitative estimate of drug-likeness (QED) is 0.151. The Hall–Kier alpha value is -0.760. The van der Waals surface area contributed by atoms with E-state index in [0.29, 0.717) is 24.6 Å². The van der Waals surface area contributed by atoms with Crippen LogP contribution < -0.4 is 21.3 Å². The zero-order valence-electron chi connectivity index (χ0n) is 17.9. The van der Waals surface area contributed by atoms with Crippen molar-refractivity contribution >= 4 is 80.5 Å². The maximum atomic E-state index is 12.1. The minimum Gasteiger partial charge on any atom is -0.356 e. The third-order valence-electron chi connectivity index (χ3n) is 5.63. The molecule has 0 unspecified atom stereocenters. The SMILES string of the molecule is O=C(CCCC[C@@H]1SC[C@@H]2NC(=O)N[C@@H]21)NCCCCCC(=O)Nc1cc(I)cc(I)c1. The third kappa shape index (κ3) is 8.54. The minimum absolute atomic E-state index is 0.0338. The van der Waals surface area contributed by atoms with E-state index in [1.165, 1.54) is 0 Å². The molecule has 1 aromatic rings. The molecule has 0 spiro atoms. The maximum Gasteiger partial charge on any atom is 0.315 e. The van der Waals surface area contributed by atoms with Crippen LogP contribution in [0.3, 0.4) is 0 Å². The smallest absolute Gasteiger partial charge is 0.315 e. The van der Waals surface area contributed by atoms with Crippen LogP contribution in [0.4, 0.5) is 10.5 Å². The van der Waals surface area contributed by atoms with E-state index in [0.717, 1.165) is 57.1 Å². The molecule has 32 heavy (non-hydrogen) atoms. The van der Waals surface area contributed by atoms with Crippen LogP contribution in [0.2, 0.25) is 0 Å².